The maximum atomic E-state index is 14.6. The van der Waals surface area contributed by atoms with Crippen LogP contribution in [0, 0.1) is 13.8 Å². The third-order valence-electron chi connectivity index (χ3n) is 20.9. The summed E-state index contributed by atoms with van der Waals surface area (Å²) >= 11 is 6.48. The minimum Gasteiger partial charge on any atom is -0.466 e. The number of hydrogen-bond acceptors (Lipinski definition) is 24. The molecule has 9 aromatic heterocycles. The number of alkyl halides is 3. The number of carbonyl (C=O) groups excluding carboxylic acids is 11. The first-order valence-electron chi connectivity index (χ1n) is 39.6. The van der Waals surface area contributed by atoms with Crippen LogP contribution in [0.5, 0.6) is 0 Å². The molecule has 32 nitrogen and oxygen atoms in total. The van der Waals surface area contributed by atoms with Gasteiger partial charge in [-0.25, -0.2) is 53.0 Å². The Kier molecular flexibility index (Phi) is 27.7. The van der Waals surface area contributed by atoms with Gasteiger partial charge in [0.25, 0.3) is 0 Å². The number of fused-ring (bicyclic) bond motifs is 3. The number of Topliss-reactive ketones (excluding diaryl/α,β-unsaturated/α-hetero) is 5. The Bertz CT molecular complexity index is 6170. The van der Waals surface area contributed by atoms with Gasteiger partial charge in [0.15, 0.2) is 23.1 Å². The molecule has 12 aromatic rings. The van der Waals surface area contributed by atoms with Gasteiger partial charge in [-0.2, -0.15) is 15.3 Å². The molecule has 3 aromatic carbocycles. The van der Waals surface area contributed by atoms with E-state index in [1.807, 2.05) is 38.1 Å². The van der Waals surface area contributed by atoms with E-state index in [2.05, 4.69) is 103 Å². The summed E-state index contributed by atoms with van der Waals surface area (Å²) in [7, 11) is 0. The zero-order valence-corrected chi connectivity index (χ0v) is 71.7. The Labute approximate surface area is 723 Å². The molecule has 0 radical (unpaired) electrons. The molecule has 638 valence electrons. The average molecular weight is 1820 g/mol. The molecule has 37 heteroatoms. The second kappa shape index (κ2) is 38.8. The van der Waals surface area contributed by atoms with Gasteiger partial charge in [-0.3, -0.25) is 71.8 Å². The molecule has 3 aliphatic heterocycles. The fourth-order valence-electron chi connectivity index (χ4n) is 14.9. The van der Waals surface area contributed by atoms with Gasteiger partial charge in [0.05, 0.1) is 67.4 Å². The van der Waals surface area contributed by atoms with Crippen molar-refractivity contribution in [1.29, 1.82) is 0 Å². The number of benzene rings is 3. The summed E-state index contributed by atoms with van der Waals surface area (Å²) in [6.45, 7) is 11.8. The molecule has 3 aliphatic rings. The molecule has 6 atom stereocenters. The second-order valence-electron chi connectivity index (χ2n) is 29.9. The summed E-state index contributed by atoms with van der Waals surface area (Å²) in [5.74, 6) is -2.17. The van der Waals surface area contributed by atoms with Gasteiger partial charge in [-0.05, 0) is 155 Å². The average Bonchev–Trinajstić information content (AvgIpc) is 1.63. The van der Waals surface area contributed by atoms with Crippen LogP contribution in [0.25, 0.3) is 66.1 Å². The maximum Gasteiger partial charge on any atom is 0.313 e. The highest BCUT2D eigenvalue weighted by molar-refractivity contribution is 9.10. The van der Waals surface area contributed by atoms with E-state index in [1.165, 1.54) is 56.4 Å². The zero-order chi connectivity index (χ0) is 88.5. The smallest absolute Gasteiger partial charge is 0.313 e. The predicted octanol–water partition coefficient (Wildman–Crippen LogP) is 11.1. The summed E-state index contributed by atoms with van der Waals surface area (Å²) in [6, 6.07) is 26.9. The molecule has 3 saturated heterocycles. The van der Waals surface area contributed by atoms with Crippen molar-refractivity contribution in [2.24, 2.45) is 0 Å². The summed E-state index contributed by atoms with van der Waals surface area (Å²) in [6.07, 6.45) is 6.25. The Morgan fingerprint density at radius 2 is 0.831 bits per heavy atom. The highest BCUT2D eigenvalue weighted by atomic mass is 79.9. The maximum absolute atomic E-state index is 14.6. The molecular formula is C87H83Br2F3N20O12. The van der Waals surface area contributed by atoms with Crippen LogP contribution in [0.4, 0.5) is 24.8 Å². The second-order valence-corrected chi connectivity index (χ2v) is 31.6. The molecule has 0 saturated carbocycles. The van der Waals surface area contributed by atoms with Crippen molar-refractivity contribution in [3.05, 3.63) is 201 Å². The zero-order valence-electron chi connectivity index (χ0n) is 68.5. The predicted molar refractivity (Wildman–Crippen MR) is 455 cm³/mol. The number of aryl methyl sites for hydroxylation is 3. The lowest BCUT2D eigenvalue weighted by Crippen LogP contribution is -2.44. The van der Waals surface area contributed by atoms with Crippen LogP contribution in [0.1, 0.15) is 127 Å². The number of ketones is 5. The number of esters is 1. The van der Waals surface area contributed by atoms with Gasteiger partial charge in [-0.15, -0.1) is 0 Å². The lowest BCUT2D eigenvalue weighted by molar-refractivity contribution is -0.142. The van der Waals surface area contributed by atoms with Gasteiger partial charge in [-0.1, -0.05) is 43.3 Å². The van der Waals surface area contributed by atoms with Gasteiger partial charge in [0.1, 0.15) is 118 Å². The number of likely N-dealkylation sites (tertiary alicyclic amines) is 3. The molecule has 0 spiro atoms. The van der Waals surface area contributed by atoms with Gasteiger partial charge in [0, 0.05) is 116 Å². The molecule has 12 heterocycles. The number of anilines is 2. The number of hydrogen-bond donors (Lipinski definition) is 2. The van der Waals surface area contributed by atoms with Crippen LogP contribution < -0.4 is 10.6 Å². The highest BCUT2D eigenvalue weighted by Gasteiger charge is 2.43. The van der Waals surface area contributed by atoms with Crippen molar-refractivity contribution in [2.45, 2.75) is 157 Å². The Balaban J connectivity index is 0.000000160. The molecule has 2 N–H and O–H groups in total. The van der Waals surface area contributed by atoms with E-state index in [4.69, 9.17) is 4.74 Å². The summed E-state index contributed by atoms with van der Waals surface area (Å²) in [5, 5.41) is 20.1. The minimum atomic E-state index is -1.37. The van der Waals surface area contributed by atoms with Crippen molar-refractivity contribution in [3.8, 4) is 33.4 Å². The van der Waals surface area contributed by atoms with Crippen molar-refractivity contribution < 1.29 is 70.6 Å². The molecule has 124 heavy (non-hydrogen) atoms. The standard InChI is InChI=1S/C30H31FN6O3.C29H27BrFN7O5.C28H25BrFN7O4/c1-5-20-7-6-17(2)34-25(20)12-28(39)27-11-23(31)15-36(27)29(40)16-37-26-9-8-21(22-13-32-19(4)33-14-22)10-24(26)30(35-37)18(3)38;1-3-43-27(41)11-25-32-12-18(13-33-25)17-7-8-21-20(9-17)28(16(2)39)36-38(21)15-26(40)37-14-19(31)10-22(37)29(42)35-24-6-4-5-23(30)34-24;1-15(38)8-25-31-11-18(12-32-25)17-6-7-21-20(9-17)27(16(2)39)35-37(21)14-26(40)36-13-19(30)10-22(36)28(41)34-24-5-3-4-23(29)33-24/h6-10,13-14,23,27H,5,11-12,15-16H2,1-4H3;4-9,12-13,19,22H,3,10-11,14-15H2,1-2H3,(H,34,35,42);3-7,9,11-12,19,22H,8,10,13-14H2,1-2H3,(H,33,34,41)/t23-,27+;2*19-,22+/m111/s1. The Morgan fingerprint density at radius 3 is 1.20 bits per heavy atom. The molecule has 5 amide bonds. The largest absolute Gasteiger partial charge is 0.466 e. The quantitative estimate of drug-likeness (QED) is 0.0305. The summed E-state index contributed by atoms with van der Waals surface area (Å²) in [4.78, 5) is 182. The minimum absolute atomic E-state index is 0.0384. The first kappa shape index (κ1) is 88.5. The molecule has 3 fully saturated rings. The molecule has 0 unspecified atom stereocenters. The lowest BCUT2D eigenvalue weighted by Gasteiger charge is -2.23. The number of ether oxygens (including phenoxy) is 1. The van der Waals surface area contributed by atoms with Crippen LogP contribution in [0.2, 0.25) is 0 Å². The third kappa shape index (κ3) is 20.9. The van der Waals surface area contributed by atoms with Crippen LogP contribution >= 0.6 is 31.9 Å². The van der Waals surface area contributed by atoms with E-state index in [0.29, 0.717) is 81.8 Å². The first-order chi connectivity index (χ1) is 59.3. The lowest BCUT2D eigenvalue weighted by atomic mass is 10.0. The van der Waals surface area contributed by atoms with E-state index >= 15 is 0 Å². The van der Waals surface area contributed by atoms with Crippen molar-refractivity contribution >= 4 is 141 Å². The third-order valence-corrected chi connectivity index (χ3v) is 21.7. The summed E-state index contributed by atoms with van der Waals surface area (Å²) in [5.41, 5.74) is 8.94. The number of nitrogens with zero attached hydrogens (tertiary/aromatic N) is 18. The number of carbonyl (C=O) groups is 11. The summed E-state index contributed by atoms with van der Waals surface area (Å²) < 4.78 is 53.7. The van der Waals surface area contributed by atoms with E-state index in [1.54, 1.807) is 130 Å². The number of nitrogens with one attached hydrogen (secondary N) is 2. The van der Waals surface area contributed by atoms with E-state index < -0.39 is 72.1 Å². The topological polar surface area (TPSA) is 400 Å². The van der Waals surface area contributed by atoms with Gasteiger partial charge < -0.3 is 30.1 Å². The highest BCUT2D eigenvalue weighted by Crippen LogP contribution is 2.34. The molecule has 15 rings (SSSR count). The number of halogens is 5. The molecular weight excluding hydrogens is 1730 g/mol. The number of amides is 5. The SMILES string of the molecule is CC(=O)Cc1ncc(-c2ccc3c(c2)c(C(C)=O)nn3CC(=O)N2C[C@H](F)C[C@H]2C(=O)Nc2cccc(Br)n2)cn1.CCOC(=O)Cc1ncc(-c2ccc3c(c2)c(C(C)=O)nn3CC(=O)N2C[C@H](F)C[C@H]2C(=O)Nc2cccc(Br)n2)cn1.CCc1ccc(C)nc1CC(=O)[C@@H]1C[C@@H](F)CN1C(=O)Cn1nc(C(C)=O)c2cc(-c3cnc(C)nc3)ccc21. The number of rotatable bonds is 25. The number of pyridine rings is 3. The van der Waals surface area contributed by atoms with Crippen LogP contribution in [-0.4, -0.2) is 216 Å². The molecule has 0 aliphatic carbocycles. The monoisotopic (exact) mass is 1810 g/mol. The van der Waals surface area contributed by atoms with E-state index in [9.17, 15) is 65.9 Å². The van der Waals surface area contributed by atoms with Gasteiger partial charge in [0.2, 0.25) is 29.5 Å². The van der Waals surface area contributed by atoms with E-state index in [-0.39, 0.29) is 142 Å². The Hall–Kier alpha value is -13.3. The van der Waals surface area contributed by atoms with E-state index in [0.717, 1.165) is 34.4 Å². The number of aromatic nitrogens is 15. The normalized spacial score (nSPS) is 16.6. The fourth-order valence-corrected chi connectivity index (χ4v) is 15.6. The van der Waals surface area contributed by atoms with Gasteiger partial charge >= 0.3 is 5.97 Å². The van der Waals surface area contributed by atoms with Crippen molar-refractivity contribution in [1.82, 2.24) is 88.9 Å². The Morgan fingerprint density at radius 1 is 0.452 bits per heavy atom. The van der Waals surface area contributed by atoms with Crippen molar-refractivity contribution in [3.63, 3.8) is 0 Å². The van der Waals surface area contributed by atoms with Crippen LogP contribution in [-0.2, 0) is 88.4 Å². The van der Waals surface area contributed by atoms with Crippen LogP contribution in [0.15, 0.2) is 150 Å². The fraction of sp³-hybridized carbons (Fsp3) is 0.322. The van der Waals surface area contributed by atoms with Crippen molar-refractivity contribution in [2.75, 3.05) is 36.9 Å². The first-order valence-corrected chi connectivity index (χ1v) is 41.2. The van der Waals surface area contributed by atoms with Crippen LogP contribution in [0.3, 0.4) is 0 Å². The molecule has 0 bridgehead atoms.